The normalized spacial score (nSPS) is 17.5. The van der Waals surface area contributed by atoms with Crippen LogP contribution >= 0.6 is 0 Å². The first-order valence-electron chi connectivity index (χ1n) is 5.20. The van der Waals surface area contributed by atoms with Crippen LogP contribution in [0.1, 0.15) is 19.3 Å². The van der Waals surface area contributed by atoms with Crippen LogP contribution in [0.15, 0.2) is 4.99 Å². The van der Waals surface area contributed by atoms with Gasteiger partial charge in [-0.3, -0.25) is 9.79 Å². The molecule has 0 radical (unpaired) electrons. The van der Waals surface area contributed by atoms with Crippen LogP contribution in [0, 0.1) is 0 Å². The third kappa shape index (κ3) is 4.64. The number of nitrogens with two attached hydrogens (primary N) is 1. The van der Waals surface area contributed by atoms with E-state index in [9.17, 15) is 4.79 Å². The number of hydrogen-bond acceptors (Lipinski definition) is 5. The molecule has 0 fully saturated rings. The highest BCUT2D eigenvalue weighted by molar-refractivity contribution is 5.80. The fourth-order valence-electron chi connectivity index (χ4n) is 1.30. The summed E-state index contributed by atoms with van der Waals surface area (Å²) in [6, 6.07) is -0.756. The Bertz CT molecular complexity index is 242. The zero-order valence-electron chi connectivity index (χ0n) is 8.70. The predicted octanol–water partition coefficient (Wildman–Crippen LogP) is -0.883. The number of rotatable bonds is 5. The van der Waals surface area contributed by atoms with Gasteiger partial charge in [0.1, 0.15) is 6.04 Å². The van der Waals surface area contributed by atoms with Gasteiger partial charge in [-0.2, -0.15) is 0 Å². The molecule has 1 heterocycles. The van der Waals surface area contributed by atoms with Gasteiger partial charge >= 0.3 is 5.97 Å². The van der Waals surface area contributed by atoms with E-state index in [1.54, 1.807) is 0 Å². The highest BCUT2D eigenvalue weighted by Crippen LogP contribution is 1.93. The molecule has 0 aromatic heterocycles. The summed E-state index contributed by atoms with van der Waals surface area (Å²) < 4.78 is 0. The molecule has 86 valence electrons. The Morgan fingerprint density at radius 3 is 3.13 bits per heavy atom. The number of aliphatic carboxylic acids is 1. The summed E-state index contributed by atoms with van der Waals surface area (Å²) in [4.78, 5) is 14.6. The third-order valence-corrected chi connectivity index (χ3v) is 2.20. The zero-order valence-corrected chi connectivity index (χ0v) is 8.70. The number of aliphatic imine (C=N–C) groups is 1. The highest BCUT2D eigenvalue weighted by Gasteiger charge is 2.10. The monoisotopic (exact) mass is 214 g/mol. The van der Waals surface area contributed by atoms with E-state index in [0.29, 0.717) is 13.0 Å². The Morgan fingerprint density at radius 1 is 1.73 bits per heavy atom. The number of nitrogens with one attached hydrogen (secondary N) is 2. The lowest BCUT2D eigenvalue weighted by Gasteiger charge is -2.16. The molecule has 0 saturated heterocycles. The average molecular weight is 214 g/mol. The van der Waals surface area contributed by atoms with Gasteiger partial charge in [0.2, 0.25) is 0 Å². The molecule has 0 aromatic carbocycles. The molecule has 6 heteroatoms. The third-order valence-electron chi connectivity index (χ3n) is 2.20. The summed E-state index contributed by atoms with van der Waals surface area (Å²) in [5.41, 5.74) is 5.36. The molecule has 0 aliphatic carbocycles. The van der Waals surface area contributed by atoms with Crippen molar-refractivity contribution >= 4 is 11.9 Å². The van der Waals surface area contributed by atoms with Crippen LogP contribution in [0.2, 0.25) is 0 Å². The maximum Gasteiger partial charge on any atom is 0.320 e. The lowest BCUT2D eigenvalue weighted by atomic mass is 10.2. The van der Waals surface area contributed by atoms with Crippen LogP contribution in [-0.2, 0) is 4.79 Å². The molecule has 1 atom stereocenters. The van der Waals surface area contributed by atoms with E-state index in [4.69, 9.17) is 10.8 Å². The number of hydrogen-bond donors (Lipinski definition) is 4. The van der Waals surface area contributed by atoms with Crippen molar-refractivity contribution in [2.45, 2.75) is 25.3 Å². The number of carboxylic acid groups (broad SMARTS) is 1. The maximum atomic E-state index is 10.4. The van der Waals surface area contributed by atoms with Crippen LogP contribution in [0.3, 0.4) is 0 Å². The molecular formula is C9H18N4O2. The second-order valence-electron chi connectivity index (χ2n) is 3.52. The van der Waals surface area contributed by atoms with E-state index in [1.807, 2.05) is 0 Å². The fraction of sp³-hybridized carbons (Fsp3) is 0.778. The van der Waals surface area contributed by atoms with Crippen LogP contribution in [0.25, 0.3) is 0 Å². The Balaban J connectivity index is 2.06. The SMILES string of the molecule is NC(CCCNC1=NCCCN1)C(=O)O. The summed E-state index contributed by atoms with van der Waals surface area (Å²) in [6.45, 7) is 2.50. The van der Waals surface area contributed by atoms with Gasteiger partial charge in [0, 0.05) is 19.6 Å². The summed E-state index contributed by atoms with van der Waals surface area (Å²) in [7, 11) is 0. The standard InChI is InChI=1S/C9H18N4O2/c10-7(8(14)15)3-1-4-11-9-12-5-2-6-13-9/h7H,1-6,10H2,(H,14,15)(H2,11,12,13). The van der Waals surface area contributed by atoms with E-state index < -0.39 is 12.0 Å². The first-order chi connectivity index (χ1) is 7.20. The molecule has 0 saturated carbocycles. The smallest absolute Gasteiger partial charge is 0.320 e. The van der Waals surface area contributed by atoms with Gasteiger partial charge in [0.15, 0.2) is 5.96 Å². The summed E-state index contributed by atoms with van der Waals surface area (Å²) in [5.74, 6) is -0.131. The number of nitrogens with zero attached hydrogens (tertiary/aromatic N) is 1. The molecule has 0 amide bonds. The van der Waals surface area contributed by atoms with Crippen molar-refractivity contribution in [1.82, 2.24) is 10.6 Å². The molecule has 1 aliphatic heterocycles. The van der Waals surface area contributed by atoms with Gasteiger partial charge in [-0.1, -0.05) is 0 Å². The second kappa shape index (κ2) is 6.23. The Hall–Kier alpha value is -1.30. The van der Waals surface area contributed by atoms with Crippen LogP contribution in [-0.4, -0.2) is 42.7 Å². The first kappa shape index (κ1) is 11.8. The number of carbonyl (C=O) groups is 1. The summed E-state index contributed by atoms with van der Waals surface area (Å²) >= 11 is 0. The van der Waals surface area contributed by atoms with Crippen LogP contribution in [0.4, 0.5) is 0 Å². The largest absolute Gasteiger partial charge is 0.480 e. The van der Waals surface area contributed by atoms with E-state index in [0.717, 1.165) is 31.9 Å². The minimum absolute atomic E-state index is 0.482. The lowest BCUT2D eigenvalue weighted by Crippen LogP contribution is -2.41. The molecule has 0 aromatic rings. The van der Waals surface area contributed by atoms with Crippen molar-refractivity contribution in [2.24, 2.45) is 10.7 Å². The molecule has 1 rings (SSSR count). The fourth-order valence-corrected chi connectivity index (χ4v) is 1.30. The van der Waals surface area contributed by atoms with Crippen LogP contribution in [0.5, 0.6) is 0 Å². The van der Waals surface area contributed by atoms with Crippen molar-refractivity contribution in [3.63, 3.8) is 0 Å². The highest BCUT2D eigenvalue weighted by atomic mass is 16.4. The molecule has 15 heavy (non-hydrogen) atoms. The van der Waals surface area contributed by atoms with Gasteiger partial charge in [0.25, 0.3) is 0 Å². The van der Waals surface area contributed by atoms with Gasteiger partial charge < -0.3 is 21.5 Å². The minimum Gasteiger partial charge on any atom is -0.480 e. The molecule has 1 unspecified atom stereocenters. The molecule has 0 bridgehead atoms. The topological polar surface area (TPSA) is 99.7 Å². The minimum atomic E-state index is -0.942. The van der Waals surface area contributed by atoms with Gasteiger partial charge in [-0.05, 0) is 19.3 Å². The van der Waals surface area contributed by atoms with Gasteiger partial charge in [-0.25, -0.2) is 0 Å². The molecular weight excluding hydrogens is 196 g/mol. The van der Waals surface area contributed by atoms with Gasteiger partial charge in [0.05, 0.1) is 0 Å². The summed E-state index contributed by atoms with van der Waals surface area (Å²) in [5, 5.41) is 14.8. The van der Waals surface area contributed by atoms with Gasteiger partial charge in [-0.15, -0.1) is 0 Å². The summed E-state index contributed by atoms with van der Waals surface area (Å²) in [6.07, 6.45) is 2.28. The Morgan fingerprint density at radius 2 is 2.53 bits per heavy atom. The zero-order chi connectivity index (χ0) is 11.1. The van der Waals surface area contributed by atoms with Crippen molar-refractivity contribution in [3.8, 4) is 0 Å². The molecule has 5 N–H and O–H groups in total. The quantitative estimate of drug-likeness (QED) is 0.445. The van der Waals surface area contributed by atoms with Crippen LogP contribution < -0.4 is 16.4 Å². The molecule has 0 spiro atoms. The first-order valence-corrected chi connectivity index (χ1v) is 5.20. The Kier molecular flexibility index (Phi) is 4.89. The van der Waals surface area contributed by atoms with E-state index in [2.05, 4.69) is 15.6 Å². The average Bonchev–Trinajstić information content (AvgIpc) is 2.25. The molecule has 6 nitrogen and oxygen atoms in total. The second-order valence-corrected chi connectivity index (χ2v) is 3.52. The van der Waals surface area contributed by atoms with Crippen molar-refractivity contribution in [2.75, 3.05) is 19.6 Å². The van der Waals surface area contributed by atoms with Crippen molar-refractivity contribution < 1.29 is 9.90 Å². The van der Waals surface area contributed by atoms with E-state index in [-0.39, 0.29) is 0 Å². The number of carboxylic acids is 1. The predicted molar refractivity (Wildman–Crippen MR) is 57.8 cm³/mol. The van der Waals surface area contributed by atoms with Crippen molar-refractivity contribution in [3.05, 3.63) is 0 Å². The Labute approximate surface area is 88.9 Å². The van der Waals surface area contributed by atoms with E-state index >= 15 is 0 Å². The van der Waals surface area contributed by atoms with Crippen molar-refractivity contribution in [1.29, 1.82) is 0 Å². The number of guanidine groups is 1. The lowest BCUT2D eigenvalue weighted by molar-refractivity contribution is -0.138. The van der Waals surface area contributed by atoms with E-state index in [1.165, 1.54) is 0 Å². The maximum absolute atomic E-state index is 10.4. The molecule has 1 aliphatic rings.